The van der Waals surface area contributed by atoms with Crippen molar-refractivity contribution in [3.05, 3.63) is 30.3 Å². The maximum atomic E-state index is 11.8. The maximum absolute atomic E-state index is 11.8. The summed E-state index contributed by atoms with van der Waals surface area (Å²) in [6, 6.07) is 9.21. The fraction of sp³-hybridized carbons (Fsp3) is 0.500. The van der Waals surface area contributed by atoms with Crippen LogP contribution in [0.5, 0.6) is 0 Å². The lowest BCUT2D eigenvalue weighted by atomic mass is 9.94. The van der Waals surface area contributed by atoms with Crippen LogP contribution in [-0.2, 0) is 18.7 Å². The zero-order valence-corrected chi connectivity index (χ0v) is 12.3. The Balaban J connectivity index is 1.32. The number of carbonyl (C=O) groups is 1. The van der Waals surface area contributed by atoms with Crippen LogP contribution in [0.15, 0.2) is 30.3 Å². The van der Waals surface area contributed by atoms with Crippen LogP contribution in [0.25, 0.3) is 0 Å². The van der Waals surface area contributed by atoms with Crippen LogP contribution in [0.1, 0.15) is 0 Å². The third-order valence-electron chi connectivity index (χ3n) is 4.75. The molecular weight excluding hydrogens is 287 g/mol. The molecule has 3 heterocycles. The molecule has 3 saturated heterocycles. The molecule has 1 amide bonds. The molecule has 4 rings (SSSR count). The van der Waals surface area contributed by atoms with Crippen molar-refractivity contribution >= 4 is 18.7 Å². The van der Waals surface area contributed by atoms with Crippen molar-refractivity contribution in [3.63, 3.8) is 0 Å². The van der Waals surface area contributed by atoms with E-state index in [1.54, 1.807) is 0 Å². The van der Waals surface area contributed by atoms with E-state index in [1.807, 2.05) is 30.3 Å². The van der Waals surface area contributed by atoms with Crippen molar-refractivity contribution < 1.29 is 27.9 Å². The zero-order valence-electron chi connectivity index (χ0n) is 12.3. The average Bonchev–Trinajstić information content (AvgIpc) is 3.07. The summed E-state index contributed by atoms with van der Waals surface area (Å²) in [6.45, 7) is 2.45. The molecule has 3 fully saturated rings. The fourth-order valence-electron chi connectivity index (χ4n) is 3.71. The molecule has 3 aliphatic rings. The molecule has 7 nitrogen and oxygen atoms in total. The van der Waals surface area contributed by atoms with Gasteiger partial charge in [0.25, 0.3) is 0 Å². The van der Waals surface area contributed by atoms with E-state index in [4.69, 9.17) is 18.7 Å². The van der Waals surface area contributed by atoms with Gasteiger partial charge in [-0.2, -0.15) is 0 Å². The van der Waals surface area contributed by atoms with Crippen molar-refractivity contribution in [2.75, 3.05) is 44.8 Å². The van der Waals surface area contributed by atoms with Gasteiger partial charge in [0.15, 0.2) is 0 Å². The molecule has 1 aromatic rings. The van der Waals surface area contributed by atoms with Crippen molar-refractivity contribution in [3.8, 4) is 0 Å². The number of benzene rings is 1. The minimum Gasteiger partial charge on any atom is -0.481 e. The first-order valence-electron chi connectivity index (χ1n) is 7.65. The Morgan fingerprint density at radius 2 is 2.00 bits per heavy atom. The molecule has 3 aliphatic heterocycles. The van der Waals surface area contributed by atoms with Gasteiger partial charge in [-0.3, -0.25) is 5.32 Å². The highest BCUT2D eigenvalue weighted by molar-refractivity contribution is 6.54. The molecule has 0 saturated carbocycles. The largest absolute Gasteiger partial charge is 0.625 e. The summed E-state index contributed by atoms with van der Waals surface area (Å²) in [5, 5.41) is 2.68. The standard InChI is InChI=1S/C14H19BN2O5/c18-14(16-12-4-2-1-3-5-12)19-11-13-10-17-6-8-20-15(17,22-13)21-9-7-17/h1-5,13H,6-11H2,(H,16,18)/t13-,15?,17?/m1/s1. The first-order valence-corrected chi connectivity index (χ1v) is 7.65. The van der Waals surface area contributed by atoms with Crippen LogP contribution < -0.4 is 5.32 Å². The minimum atomic E-state index is -1.68. The lowest BCUT2D eigenvalue weighted by Crippen LogP contribution is -2.59. The predicted molar refractivity (Wildman–Crippen MR) is 78.8 cm³/mol. The number of para-hydroxylation sites is 1. The minimum absolute atomic E-state index is 0.179. The number of nitrogens with one attached hydrogen (secondary N) is 1. The maximum Gasteiger partial charge on any atom is 0.625 e. The second kappa shape index (κ2) is 5.24. The Morgan fingerprint density at radius 1 is 1.27 bits per heavy atom. The van der Waals surface area contributed by atoms with Gasteiger partial charge < -0.3 is 23.1 Å². The number of ether oxygens (including phenoxy) is 1. The van der Waals surface area contributed by atoms with E-state index in [9.17, 15) is 4.79 Å². The van der Waals surface area contributed by atoms with E-state index in [-0.39, 0.29) is 12.7 Å². The number of amides is 1. The number of hydrogen-bond acceptors (Lipinski definition) is 5. The summed E-state index contributed by atoms with van der Waals surface area (Å²) in [4.78, 5) is 11.8. The second-order valence-corrected chi connectivity index (χ2v) is 6.04. The van der Waals surface area contributed by atoms with Gasteiger partial charge in [-0.15, -0.1) is 0 Å². The number of nitrogens with zero attached hydrogens (tertiary/aromatic N) is 1. The normalized spacial score (nSPS) is 35.9. The summed E-state index contributed by atoms with van der Waals surface area (Å²) in [5.41, 5.74) is 0.706. The molecule has 0 aromatic heterocycles. The van der Waals surface area contributed by atoms with Gasteiger partial charge in [0.2, 0.25) is 0 Å². The fourth-order valence-corrected chi connectivity index (χ4v) is 3.71. The number of anilines is 1. The second-order valence-electron chi connectivity index (χ2n) is 6.04. The van der Waals surface area contributed by atoms with Crippen LogP contribution in [0, 0.1) is 0 Å². The highest BCUT2D eigenvalue weighted by atomic mass is 16.8. The summed E-state index contributed by atoms with van der Waals surface area (Å²) in [7, 11) is 0. The highest BCUT2D eigenvalue weighted by Crippen LogP contribution is 2.41. The zero-order chi connectivity index (χ0) is 15.0. The highest BCUT2D eigenvalue weighted by Gasteiger charge is 2.66. The molecule has 0 bridgehead atoms. The number of carbonyl (C=O) groups excluding carboxylic acids is 1. The van der Waals surface area contributed by atoms with Crippen molar-refractivity contribution in [1.29, 1.82) is 0 Å². The predicted octanol–water partition coefficient (Wildman–Crippen LogP) is 0.947. The Kier molecular flexibility index (Phi) is 3.34. The smallest absolute Gasteiger partial charge is 0.481 e. The van der Waals surface area contributed by atoms with Crippen LogP contribution >= 0.6 is 0 Å². The van der Waals surface area contributed by atoms with E-state index in [1.165, 1.54) is 0 Å². The monoisotopic (exact) mass is 306 g/mol. The van der Waals surface area contributed by atoms with Gasteiger partial charge in [-0.05, 0) is 12.1 Å². The molecule has 22 heavy (non-hydrogen) atoms. The Hall–Kier alpha value is -1.61. The summed E-state index contributed by atoms with van der Waals surface area (Å²) < 4.78 is 23.5. The molecule has 8 heteroatoms. The quantitative estimate of drug-likeness (QED) is 0.842. The first kappa shape index (κ1) is 14.0. The molecule has 1 aromatic carbocycles. The third-order valence-corrected chi connectivity index (χ3v) is 4.75. The molecule has 0 radical (unpaired) electrons. The Bertz CT molecular complexity index is 540. The van der Waals surface area contributed by atoms with Crippen molar-refractivity contribution in [2.45, 2.75) is 6.10 Å². The van der Waals surface area contributed by atoms with E-state index < -0.39 is 13.0 Å². The number of hydrogen-bond donors (Lipinski definition) is 1. The third kappa shape index (κ3) is 2.19. The van der Waals surface area contributed by atoms with Gasteiger partial charge in [0.1, 0.15) is 12.7 Å². The number of rotatable bonds is 3. The van der Waals surface area contributed by atoms with Gasteiger partial charge >= 0.3 is 13.0 Å². The topological polar surface area (TPSA) is 66.0 Å². The average molecular weight is 306 g/mol. The lowest BCUT2D eigenvalue weighted by Gasteiger charge is -2.37. The van der Waals surface area contributed by atoms with Crippen molar-refractivity contribution in [2.24, 2.45) is 0 Å². The van der Waals surface area contributed by atoms with Gasteiger partial charge in [-0.25, -0.2) is 4.79 Å². The van der Waals surface area contributed by atoms with Crippen LogP contribution in [0.3, 0.4) is 0 Å². The van der Waals surface area contributed by atoms with E-state index in [2.05, 4.69) is 5.32 Å². The molecule has 1 N–H and O–H groups in total. The molecule has 0 spiro atoms. The summed E-state index contributed by atoms with van der Waals surface area (Å²) in [5.74, 6) is 0. The molecule has 1 atom stereocenters. The van der Waals surface area contributed by atoms with E-state index in [0.29, 0.717) is 18.9 Å². The van der Waals surface area contributed by atoms with E-state index >= 15 is 0 Å². The molecule has 118 valence electrons. The number of quaternary nitrogens is 1. The molecule has 0 unspecified atom stereocenters. The Morgan fingerprint density at radius 3 is 2.68 bits per heavy atom. The molecular formula is C14H19BN2O5. The van der Waals surface area contributed by atoms with E-state index in [0.717, 1.165) is 24.0 Å². The van der Waals surface area contributed by atoms with Gasteiger partial charge in [-0.1, -0.05) is 18.2 Å². The lowest BCUT2D eigenvalue weighted by molar-refractivity contribution is -0.816. The SMILES string of the molecule is O=C(Nc1ccccc1)OC[C@H]1C[N+]23CCO[B-]2(OCC3)O1. The Labute approximate surface area is 128 Å². The summed E-state index contributed by atoms with van der Waals surface area (Å²) >= 11 is 0. The van der Waals surface area contributed by atoms with Crippen molar-refractivity contribution in [1.82, 2.24) is 0 Å². The molecule has 0 aliphatic carbocycles. The first-order chi connectivity index (χ1) is 10.7. The van der Waals surface area contributed by atoms with Gasteiger partial charge in [0, 0.05) is 5.69 Å². The van der Waals surface area contributed by atoms with Crippen LogP contribution in [0.4, 0.5) is 10.5 Å². The van der Waals surface area contributed by atoms with Crippen LogP contribution in [0.2, 0.25) is 0 Å². The van der Waals surface area contributed by atoms with Gasteiger partial charge in [0.05, 0.1) is 32.8 Å². The van der Waals surface area contributed by atoms with Crippen LogP contribution in [-0.4, -0.2) is 62.9 Å². The summed E-state index contributed by atoms with van der Waals surface area (Å²) in [6.07, 6.45) is -0.657.